The van der Waals surface area contributed by atoms with Crippen molar-refractivity contribution in [2.75, 3.05) is 14.2 Å². The number of aromatic nitrogens is 3. The van der Waals surface area contributed by atoms with E-state index in [0.717, 1.165) is 52.7 Å². The first-order valence-electron chi connectivity index (χ1n) is 10.5. The molecule has 0 N–H and O–H groups in total. The quantitative estimate of drug-likeness (QED) is 0.355. The normalized spacial score (nSPS) is 11.3. The lowest BCUT2D eigenvalue weighted by Gasteiger charge is -2.18. The second-order valence-electron chi connectivity index (χ2n) is 7.81. The minimum Gasteiger partial charge on any atom is -0.497 e. The van der Waals surface area contributed by atoms with Crippen molar-refractivity contribution in [3.63, 3.8) is 0 Å². The summed E-state index contributed by atoms with van der Waals surface area (Å²) in [6.45, 7) is 1.58. The zero-order chi connectivity index (χ0) is 21.9. The predicted molar refractivity (Wildman–Crippen MR) is 124 cm³/mol. The molecule has 2 aromatic carbocycles. The van der Waals surface area contributed by atoms with Crippen molar-refractivity contribution >= 4 is 5.65 Å². The largest absolute Gasteiger partial charge is 0.497 e. The molecular weight excluding hydrogens is 400 g/mol. The van der Waals surface area contributed by atoms with Crippen molar-refractivity contribution in [2.24, 2.45) is 0 Å². The molecule has 0 atom stereocenters. The summed E-state index contributed by atoms with van der Waals surface area (Å²) in [7, 11) is 3.81. The molecule has 0 bridgehead atoms. The summed E-state index contributed by atoms with van der Waals surface area (Å²) >= 11 is 0. The highest BCUT2D eigenvalue weighted by Gasteiger charge is 2.17. The van der Waals surface area contributed by atoms with Gasteiger partial charge < -0.3 is 13.6 Å². The Labute approximate surface area is 186 Å². The first-order chi connectivity index (χ1) is 15.7. The molecule has 6 heteroatoms. The molecular formula is C26H24N4O2. The third-order valence-corrected chi connectivity index (χ3v) is 5.52. The minimum atomic E-state index is 0.736. The van der Waals surface area contributed by atoms with Gasteiger partial charge in [0.2, 0.25) is 0 Å². The van der Waals surface area contributed by atoms with Gasteiger partial charge in [-0.3, -0.25) is 4.90 Å². The van der Waals surface area contributed by atoms with Gasteiger partial charge in [0.05, 0.1) is 18.5 Å². The predicted octanol–water partition coefficient (Wildman–Crippen LogP) is 5.30. The fourth-order valence-electron chi connectivity index (χ4n) is 3.94. The molecule has 3 aromatic heterocycles. The van der Waals surface area contributed by atoms with Gasteiger partial charge in [-0.25, -0.2) is 9.97 Å². The Morgan fingerprint density at radius 3 is 2.44 bits per heavy atom. The lowest BCUT2D eigenvalue weighted by Crippen LogP contribution is -2.18. The van der Waals surface area contributed by atoms with Crippen LogP contribution in [-0.4, -0.2) is 33.4 Å². The van der Waals surface area contributed by atoms with Crippen molar-refractivity contribution < 1.29 is 9.15 Å². The van der Waals surface area contributed by atoms with Crippen molar-refractivity contribution in [2.45, 2.75) is 13.1 Å². The van der Waals surface area contributed by atoms with Crippen molar-refractivity contribution in [3.8, 4) is 28.3 Å². The van der Waals surface area contributed by atoms with Crippen LogP contribution in [0.5, 0.6) is 5.75 Å². The van der Waals surface area contributed by atoms with Crippen LogP contribution in [0, 0.1) is 0 Å². The summed E-state index contributed by atoms with van der Waals surface area (Å²) < 4.78 is 12.7. The Hall–Kier alpha value is -3.90. The van der Waals surface area contributed by atoms with E-state index in [0.29, 0.717) is 0 Å². The van der Waals surface area contributed by atoms with E-state index in [1.54, 1.807) is 13.4 Å². The second kappa shape index (κ2) is 8.69. The molecule has 3 heterocycles. The van der Waals surface area contributed by atoms with Gasteiger partial charge in [-0.05, 0) is 49.0 Å². The van der Waals surface area contributed by atoms with Crippen molar-refractivity contribution in [1.82, 2.24) is 19.3 Å². The smallest absolute Gasteiger partial charge is 0.181 e. The summed E-state index contributed by atoms with van der Waals surface area (Å²) in [5.74, 6) is 0.827. The van der Waals surface area contributed by atoms with Crippen LogP contribution in [0.3, 0.4) is 0 Å². The molecule has 0 radical (unpaired) electrons. The second-order valence-corrected chi connectivity index (χ2v) is 7.81. The molecule has 5 rings (SSSR count). The third-order valence-electron chi connectivity index (χ3n) is 5.52. The molecule has 0 aliphatic heterocycles. The maximum Gasteiger partial charge on any atom is 0.181 e. The van der Waals surface area contributed by atoms with Crippen molar-refractivity contribution in [3.05, 3.63) is 96.8 Å². The van der Waals surface area contributed by atoms with E-state index >= 15 is 0 Å². The average molecular weight is 425 g/mol. The summed E-state index contributed by atoms with van der Waals surface area (Å²) in [4.78, 5) is 11.6. The maximum absolute atomic E-state index is 5.33. The monoisotopic (exact) mass is 424 g/mol. The van der Waals surface area contributed by atoms with Crippen LogP contribution in [0.1, 0.15) is 11.3 Å². The highest BCUT2D eigenvalue weighted by Crippen LogP contribution is 2.29. The molecule has 0 aliphatic rings. The Morgan fingerprint density at radius 1 is 0.938 bits per heavy atom. The van der Waals surface area contributed by atoms with E-state index < -0.39 is 0 Å². The molecule has 0 fully saturated rings. The molecule has 0 saturated heterocycles. The molecule has 0 spiro atoms. The van der Waals surface area contributed by atoms with E-state index in [4.69, 9.17) is 14.1 Å². The summed E-state index contributed by atoms with van der Waals surface area (Å²) in [5.41, 5.74) is 7.09. The van der Waals surface area contributed by atoms with Gasteiger partial charge in [0.25, 0.3) is 0 Å². The zero-order valence-corrected chi connectivity index (χ0v) is 18.1. The van der Waals surface area contributed by atoms with Gasteiger partial charge in [-0.15, -0.1) is 0 Å². The Kier molecular flexibility index (Phi) is 5.44. The summed E-state index contributed by atoms with van der Waals surface area (Å²) in [6.07, 6.45) is 5.19. The van der Waals surface area contributed by atoms with Gasteiger partial charge in [0.1, 0.15) is 23.4 Å². The topological polar surface area (TPSA) is 55.8 Å². The van der Waals surface area contributed by atoms with Gasteiger partial charge in [-0.2, -0.15) is 0 Å². The third kappa shape index (κ3) is 4.00. The molecule has 6 nitrogen and oxygen atoms in total. The Balaban J connectivity index is 1.57. The molecule has 32 heavy (non-hydrogen) atoms. The van der Waals surface area contributed by atoms with Gasteiger partial charge in [0, 0.05) is 30.4 Å². The van der Waals surface area contributed by atoms with Crippen LogP contribution in [0.15, 0.2) is 90.0 Å². The van der Waals surface area contributed by atoms with Crippen molar-refractivity contribution in [1.29, 1.82) is 0 Å². The fourth-order valence-corrected chi connectivity index (χ4v) is 3.94. The average Bonchev–Trinajstić information content (AvgIpc) is 3.48. The summed E-state index contributed by atoms with van der Waals surface area (Å²) in [6, 6.07) is 22.6. The molecule has 160 valence electrons. The van der Waals surface area contributed by atoms with E-state index in [1.165, 1.54) is 12.0 Å². The number of methoxy groups -OCH3 is 1. The standard InChI is InChI=1S/C26H24N4O2/c1-29(14-19-6-4-3-5-7-19)16-24-26(20-8-11-22(31-2)12-9-20)28-25-13-10-21(15-30(24)25)23-17-32-18-27-23/h3-13,15,17-18H,14,16H2,1-2H3. The van der Waals surface area contributed by atoms with E-state index in [2.05, 4.69) is 63.9 Å². The lowest BCUT2D eigenvalue weighted by molar-refractivity contribution is 0.314. The Bertz CT molecular complexity index is 1310. The van der Waals surface area contributed by atoms with Crippen LogP contribution in [0.4, 0.5) is 0 Å². The number of oxazole rings is 1. The molecule has 5 aromatic rings. The number of imidazole rings is 1. The minimum absolute atomic E-state index is 0.736. The number of hydrogen-bond donors (Lipinski definition) is 0. The molecule has 0 aliphatic carbocycles. The number of hydrogen-bond acceptors (Lipinski definition) is 5. The van der Waals surface area contributed by atoms with Gasteiger partial charge >= 0.3 is 0 Å². The number of rotatable bonds is 7. The van der Waals surface area contributed by atoms with Crippen LogP contribution >= 0.6 is 0 Å². The maximum atomic E-state index is 5.33. The number of fused-ring (bicyclic) bond motifs is 1. The zero-order valence-electron chi connectivity index (χ0n) is 18.1. The first kappa shape index (κ1) is 20.0. The molecule has 0 unspecified atom stereocenters. The lowest BCUT2D eigenvalue weighted by atomic mass is 10.1. The highest BCUT2D eigenvalue weighted by atomic mass is 16.5. The number of nitrogens with zero attached hydrogens (tertiary/aromatic N) is 4. The van der Waals surface area contributed by atoms with Crippen LogP contribution in [0.2, 0.25) is 0 Å². The number of pyridine rings is 1. The van der Waals surface area contributed by atoms with E-state index in [9.17, 15) is 0 Å². The van der Waals surface area contributed by atoms with Crippen LogP contribution in [-0.2, 0) is 13.1 Å². The van der Waals surface area contributed by atoms with Gasteiger partial charge in [-0.1, -0.05) is 30.3 Å². The SMILES string of the molecule is COc1ccc(-c2nc3ccc(-c4cocn4)cn3c2CN(C)Cc2ccccc2)cc1. The highest BCUT2D eigenvalue weighted by molar-refractivity contribution is 5.69. The fraction of sp³-hybridized carbons (Fsp3) is 0.154. The number of benzene rings is 2. The first-order valence-corrected chi connectivity index (χ1v) is 10.5. The summed E-state index contributed by atoms with van der Waals surface area (Å²) in [5, 5.41) is 0. The molecule has 0 saturated carbocycles. The number of ether oxygens (including phenoxy) is 1. The van der Waals surface area contributed by atoms with E-state index in [-0.39, 0.29) is 0 Å². The van der Waals surface area contributed by atoms with Crippen LogP contribution < -0.4 is 4.74 Å². The van der Waals surface area contributed by atoms with E-state index in [1.807, 2.05) is 30.3 Å². The molecule has 0 amide bonds. The van der Waals surface area contributed by atoms with Crippen LogP contribution in [0.25, 0.3) is 28.2 Å². The van der Waals surface area contributed by atoms with Gasteiger partial charge in [0.15, 0.2) is 6.39 Å². The Morgan fingerprint density at radius 2 is 1.72 bits per heavy atom.